The number of benzene rings is 2. The molecule has 116 valence electrons. The third-order valence-corrected chi connectivity index (χ3v) is 4.66. The molecular weight excluding hydrogens is 326 g/mol. The number of amides is 1. The third kappa shape index (κ3) is 3.58. The van der Waals surface area contributed by atoms with E-state index in [0.717, 1.165) is 5.56 Å². The summed E-state index contributed by atoms with van der Waals surface area (Å²) in [5, 5.41) is 0.554. The van der Waals surface area contributed by atoms with Crippen molar-refractivity contribution in [3.05, 3.63) is 58.6 Å². The van der Waals surface area contributed by atoms with Crippen molar-refractivity contribution < 1.29 is 17.4 Å². The fourth-order valence-corrected chi connectivity index (χ4v) is 3.01. The van der Waals surface area contributed by atoms with Gasteiger partial charge >= 0.3 is 10.1 Å². The fourth-order valence-electron chi connectivity index (χ4n) is 1.83. The molecule has 0 unspecified atom stereocenters. The molecule has 0 heterocycles. The summed E-state index contributed by atoms with van der Waals surface area (Å²) in [5.74, 6) is -0.449. The van der Waals surface area contributed by atoms with E-state index in [4.69, 9.17) is 21.5 Å². The molecule has 0 fully saturated rings. The Labute approximate surface area is 133 Å². The Bertz CT molecular complexity index is 801. The molecule has 0 spiro atoms. The highest BCUT2D eigenvalue weighted by molar-refractivity contribution is 7.87. The number of carbonyl (C=O) groups excluding carboxylic acids is 1. The first-order chi connectivity index (χ1) is 10.3. The van der Waals surface area contributed by atoms with Gasteiger partial charge in [0.2, 0.25) is 5.91 Å². The van der Waals surface area contributed by atoms with Gasteiger partial charge in [0.25, 0.3) is 0 Å². The van der Waals surface area contributed by atoms with Crippen molar-refractivity contribution in [2.45, 2.75) is 18.2 Å². The zero-order valence-electron chi connectivity index (χ0n) is 11.7. The van der Waals surface area contributed by atoms with Gasteiger partial charge in [-0.15, -0.1) is 0 Å². The minimum Gasteiger partial charge on any atom is -0.379 e. The van der Waals surface area contributed by atoms with Crippen molar-refractivity contribution in [3.8, 4) is 5.75 Å². The third-order valence-electron chi connectivity index (χ3n) is 3.03. The highest BCUT2D eigenvalue weighted by Crippen LogP contribution is 2.25. The van der Waals surface area contributed by atoms with Gasteiger partial charge in [0.05, 0.1) is 0 Å². The molecule has 22 heavy (non-hydrogen) atoms. The van der Waals surface area contributed by atoms with Crippen molar-refractivity contribution in [1.29, 1.82) is 0 Å². The molecule has 2 aromatic carbocycles. The maximum atomic E-state index is 12.2. The second-order valence-electron chi connectivity index (χ2n) is 4.53. The summed E-state index contributed by atoms with van der Waals surface area (Å²) in [5.41, 5.74) is 6.12. The number of carbonyl (C=O) groups is 1. The van der Waals surface area contributed by atoms with Gasteiger partial charge in [0.1, 0.15) is 10.6 Å². The van der Waals surface area contributed by atoms with Crippen LogP contribution in [0.4, 0.5) is 0 Å². The summed E-state index contributed by atoms with van der Waals surface area (Å²) < 4.78 is 29.5. The molecule has 0 atom stereocenters. The number of hydrogen-bond donors (Lipinski definition) is 1. The second-order valence-corrected chi connectivity index (χ2v) is 6.49. The molecule has 0 saturated heterocycles. The smallest absolute Gasteiger partial charge is 0.339 e. The lowest BCUT2D eigenvalue weighted by molar-refractivity contribution is 0.1000. The van der Waals surface area contributed by atoms with E-state index >= 15 is 0 Å². The summed E-state index contributed by atoms with van der Waals surface area (Å²) in [6.45, 7) is 1.90. The van der Waals surface area contributed by atoms with Crippen LogP contribution in [0.2, 0.25) is 5.02 Å². The normalized spacial score (nSPS) is 11.2. The highest BCUT2D eigenvalue weighted by atomic mass is 35.5. The molecule has 0 aliphatic heterocycles. The molecule has 0 aliphatic carbocycles. The molecule has 0 bridgehead atoms. The van der Waals surface area contributed by atoms with Crippen LogP contribution in [0.25, 0.3) is 0 Å². The summed E-state index contributed by atoms with van der Waals surface area (Å²) in [6.07, 6.45) is 0.656. The maximum absolute atomic E-state index is 12.2. The quantitative estimate of drug-likeness (QED) is 0.848. The van der Waals surface area contributed by atoms with E-state index in [0.29, 0.717) is 11.4 Å². The monoisotopic (exact) mass is 339 g/mol. The highest BCUT2D eigenvalue weighted by Gasteiger charge is 2.17. The van der Waals surface area contributed by atoms with Crippen molar-refractivity contribution >= 4 is 27.6 Å². The van der Waals surface area contributed by atoms with Crippen LogP contribution < -0.4 is 9.92 Å². The van der Waals surface area contributed by atoms with Gasteiger partial charge in [-0.25, -0.2) is 0 Å². The van der Waals surface area contributed by atoms with Crippen molar-refractivity contribution in [1.82, 2.24) is 0 Å². The van der Waals surface area contributed by atoms with Gasteiger partial charge in [-0.2, -0.15) is 8.42 Å². The van der Waals surface area contributed by atoms with Crippen molar-refractivity contribution in [3.63, 3.8) is 0 Å². The largest absolute Gasteiger partial charge is 0.379 e. The topological polar surface area (TPSA) is 86.5 Å². The lowest BCUT2D eigenvalue weighted by Gasteiger charge is -2.09. The van der Waals surface area contributed by atoms with Crippen LogP contribution >= 0.6 is 11.6 Å². The van der Waals surface area contributed by atoms with Crippen molar-refractivity contribution in [2.24, 2.45) is 5.73 Å². The van der Waals surface area contributed by atoms with E-state index in [1.54, 1.807) is 12.1 Å². The zero-order chi connectivity index (χ0) is 16.3. The minimum atomic E-state index is -3.99. The molecule has 0 saturated carbocycles. The van der Waals surface area contributed by atoms with Gasteiger partial charge in [-0.05, 0) is 54.4 Å². The maximum Gasteiger partial charge on any atom is 0.339 e. The first-order valence-corrected chi connectivity index (χ1v) is 8.25. The molecular formula is C15H14ClNO4S. The Morgan fingerprint density at radius 3 is 2.36 bits per heavy atom. The first-order valence-electron chi connectivity index (χ1n) is 6.46. The van der Waals surface area contributed by atoms with E-state index in [2.05, 4.69) is 0 Å². The molecule has 0 aromatic heterocycles. The first kappa shape index (κ1) is 16.3. The molecule has 2 rings (SSSR count). The van der Waals surface area contributed by atoms with Crippen LogP contribution in [0.3, 0.4) is 0 Å². The van der Waals surface area contributed by atoms with Crippen LogP contribution in [0.1, 0.15) is 22.8 Å². The molecule has 2 N–H and O–H groups in total. The Kier molecular flexibility index (Phi) is 4.73. The van der Waals surface area contributed by atoms with Crippen LogP contribution in [-0.4, -0.2) is 14.3 Å². The van der Waals surface area contributed by atoms with Gasteiger partial charge in [0, 0.05) is 10.6 Å². The lowest BCUT2D eigenvalue weighted by atomic mass is 10.2. The van der Waals surface area contributed by atoms with Crippen molar-refractivity contribution in [2.75, 3.05) is 0 Å². The van der Waals surface area contributed by atoms with Crippen LogP contribution in [0.15, 0.2) is 47.4 Å². The number of hydrogen-bond acceptors (Lipinski definition) is 4. The average Bonchev–Trinajstić information content (AvgIpc) is 2.49. The van der Waals surface area contributed by atoms with Gasteiger partial charge in [-0.3, -0.25) is 4.79 Å². The predicted octanol–water partition coefficient (Wildman–Crippen LogP) is 2.77. The van der Waals surface area contributed by atoms with Gasteiger partial charge < -0.3 is 9.92 Å². The fraction of sp³-hybridized carbons (Fsp3) is 0.133. The van der Waals surface area contributed by atoms with Crippen LogP contribution in [-0.2, 0) is 16.5 Å². The molecule has 0 radical (unpaired) electrons. The minimum absolute atomic E-state index is 0.0644. The average molecular weight is 340 g/mol. The molecule has 0 aliphatic rings. The van der Waals surface area contributed by atoms with Gasteiger partial charge in [-0.1, -0.05) is 18.5 Å². The number of aryl methyl sites for hydroxylation is 1. The van der Waals surface area contributed by atoms with Crippen LogP contribution in [0, 0.1) is 0 Å². The summed E-state index contributed by atoms with van der Waals surface area (Å²) in [7, 11) is -3.99. The molecule has 2 aromatic rings. The van der Waals surface area contributed by atoms with E-state index in [1.807, 2.05) is 6.92 Å². The lowest BCUT2D eigenvalue weighted by Crippen LogP contribution is -2.13. The summed E-state index contributed by atoms with van der Waals surface area (Å²) in [6, 6.07) is 9.85. The molecule has 1 amide bonds. The Morgan fingerprint density at radius 2 is 1.82 bits per heavy atom. The second kappa shape index (κ2) is 6.37. The summed E-state index contributed by atoms with van der Waals surface area (Å²) >= 11 is 5.98. The Balaban J connectivity index is 2.29. The summed E-state index contributed by atoms with van der Waals surface area (Å²) in [4.78, 5) is 10.9. The SMILES string of the molecule is CCc1cc(OS(=O)(=O)c2ccc(C(N)=O)cc2)ccc1Cl. The van der Waals surface area contributed by atoms with E-state index in [-0.39, 0.29) is 16.2 Å². The van der Waals surface area contributed by atoms with E-state index in [9.17, 15) is 13.2 Å². The standard InChI is InChI=1S/C15H14ClNO4S/c1-2-10-9-12(5-8-14(10)16)21-22(19,20)13-6-3-11(4-7-13)15(17)18/h3-9H,2H2,1H3,(H2,17,18). The number of primary amides is 1. The molecule has 5 nitrogen and oxygen atoms in total. The van der Waals surface area contributed by atoms with E-state index < -0.39 is 16.0 Å². The number of rotatable bonds is 5. The molecule has 7 heteroatoms. The van der Waals surface area contributed by atoms with E-state index in [1.165, 1.54) is 30.3 Å². The predicted molar refractivity (Wildman–Crippen MR) is 83.6 cm³/mol. The van der Waals surface area contributed by atoms with Gasteiger partial charge in [0.15, 0.2) is 0 Å². The number of nitrogens with two attached hydrogens (primary N) is 1. The Morgan fingerprint density at radius 1 is 1.18 bits per heavy atom. The number of halogens is 1. The zero-order valence-corrected chi connectivity index (χ0v) is 13.3. The Hall–Kier alpha value is -2.05. The van der Waals surface area contributed by atoms with Crippen LogP contribution in [0.5, 0.6) is 5.75 Å².